The summed E-state index contributed by atoms with van der Waals surface area (Å²) in [6, 6.07) is 23.1. The second kappa shape index (κ2) is 7.81. The van der Waals surface area contributed by atoms with Gasteiger partial charge in [0.1, 0.15) is 8.07 Å². The molecule has 1 heterocycles. The number of carbonyl (C=O) groups excluding carboxylic acids is 1. The third-order valence-corrected chi connectivity index (χ3v) is 11.3. The molecule has 0 saturated carbocycles. The van der Waals surface area contributed by atoms with Crippen molar-refractivity contribution >= 4 is 24.2 Å². The van der Waals surface area contributed by atoms with Crippen LogP contribution in [0.3, 0.4) is 0 Å². The first kappa shape index (κ1) is 18.2. The van der Waals surface area contributed by atoms with Crippen LogP contribution in [0.4, 0.5) is 0 Å². The van der Waals surface area contributed by atoms with Crippen LogP contribution >= 0.6 is 0 Å². The van der Waals surface area contributed by atoms with Gasteiger partial charge in [0.25, 0.3) is 0 Å². The van der Waals surface area contributed by atoms with Crippen LogP contribution in [0.1, 0.15) is 39.0 Å². The molecule has 0 saturated heterocycles. The van der Waals surface area contributed by atoms with E-state index in [1.54, 1.807) is 0 Å². The molecule has 1 aliphatic carbocycles. The van der Waals surface area contributed by atoms with Gasteiger partial charge < -0.3 is 0 Å². The Balaban J connectivity index is 1.81. The van der Waals surface area contributed by atoms with Gasteiger partial charge in [-0.3, -0.25) is 4.79 Å². The molecule has 0 amide bonds. The van der Waals surface area contributed by atoms with Crippen molar-refractivity contribution in [2.45, 2.75) is 45.1 Å². The number of hydrogen-bond donors (Lipinski definition) is 0. The van der Waals surface area contributed by atoms with Crippen molar-refractivity contribution < 1.29 is 4.79 Å². The second-order valence-corrected chi connectivity index (χ2v) is 11.8. The lowest BCUT2D eigenvalue weighted by Crippen LogP contribution is -2.61. The number of unbranched alkanes of at least 4 members (excludes halogenated alkanes) is 2. The van der Waals surface area contributed by atoms with Crippen LogP contribution in [0, 0.1) is 5.92 Å². The first-order valence-electron chi connectivity index (χ1n) is 10.3. The van der Waals surface area contributed by atoms with Crippen molar-refractivity contribution in [1.29, 1.82) is 0 Å². The molecule has 1 atom stereocenters. The zero-order chi connectivity index (χ0) is 18.7. The van der Waals surface area contributed by atoms with Crippen LogP contribution in [0.5, 0.6) is 0 Å². The highest BCUT2D eigenvalue weighted by molar-refractivity contribution is 7.08. The van der Waals surface area contributed by atoms with Gasteiger partial charge in [-0.05, 0) is 46.1 Å². The summed E-state index contributed by atoms with van der Waals surface area (Å²) in [5.41, 5.74) is 1.36. The molecule has 2 aromatic carbocycles. The van der Waals surface area contributed by atoms with Crippen LogP contribution in [-0.4, -0.2) is 13.9 Å². The fourth-order valence-electron chi connectivity index (χ4n) is 4.98. The molecule has 0 N–H and O–H groups in total. The first-order chi connectivity index (χ1) is 13.3. The van der Waals surface area contributed by atoms with Crippen LogP contribution in [-0.2, 0) is 4.79 Å². The maximum atomic E-state index is 13.0. The Kier molecular flexibility index (Phi) is 5.26. The normalized spacial score (nSPS) is 20.8. The van der Waals surface area contributed by atoms with E-state index in [9.17, 15) is 4.79 Å². The average molecular weight is 373 g/mol. The maximum Gasteiger partial charge on any atom is 0.163 e. The van der Waals surface area contributed by atoms with E-state index in [-0.39, 0.29) is 5.92 Å². The van der Waals surface area contributed by atoms with E-state index >= 15 is 0 Å². The number of carbonyl (C=O) groups is 1. The number of hydrogen-bond acceptors (Lipinski definition) is 1. The standard InChI is InChI=1S/C25H28OSi/c1-2-3-6-16-22-23-17-11-18-27(25(23)19-24(22)26,20-12-7-4-8-13-20)21-14-9-5-10-15-21/h4-5,7-10,12-15,17,19,22H,2-3,6,11,16,18H2,1H3. The highest BCUT2D eigenvalue weighted by atomic mass is 28.3. The van der Waals surface area contributed by atoms with Gasteiger partial charge in [0.2, 0.25) is 0 Å². The number of allylic oxidation sites excluding steroid dienone is 4. The summed E-state index contributed by atoms with van der Waals surface area (Å²) >= 11 is 0. The van der Waals surface area contributed by atoms with Crippen molar-refractivity contribution in [3.63, 3.8) is 0 Å². The summed E-state index contributed by atoms with van der Waals surface area (Å²) in [7, 11) is -2.12. The molecule has 2 heteroatoms. The topological polar surface area (TPSA) is 17.1 Å². The summed E-state index contributed by atoms with van der Waals surface area (Å²) in [6.07, 6.45) is 10.1. The molecule has 1 aliphatic heterocycles. The van der Waals surface area contributed by atoms with Gasteiger partial charge in [-0.15, -0.1) is 0 Å². The van der Waals surface area contributed by atoms with E-state index in [1.165, 1.54) is 34.0 Å². The monoisotopic (exact) mass is 372 g/mol. The van der Waals surface area contributed by atoms with Gasteiger partial charge in [0.15, 0.2) is 5.78 Å². The second-order valence-electron chi connectivity index (χ2n) is 7.84. The molecular formula is C25H28OSi. The summed E-state index contributed by atoms with van der Waals surface area (Å²) in [5, 5.41) is 4.27. The predicted octanol–water partition coefficient (Wildman–Crippen LogP) is 4.82. The summed E-state index contributed by atoms with van der Waals surface area (Å²) in [5.74, 6) is 0.448. The van der Waals surface area contributed by atoms with Gasteiger partial charge in [-0.1, -0.05) is 92.9 Å². The summed E-state index contributed by atoms with van der Waals surface area (Å²) < 4.78 is 0. The Morgan fingerprint density at radius 1 is 0.926 bits per heavy atom. The number of ketones is 1. The number of benzene rings is 2. The average Bonchev–Trinajstić information content (AvgIpc) is 3.05. The van der Waals surface area contributed by atoms with Crippen molar-refractivity contribution in [3.8, 4) is 0 Å². The van der Waals surface area contributed by atoms with Crippen molar-refractivity contribution in [2.75, 3.05) is 0 Å². The van der Waals surface area contributed by atoms with Gasteiger partial charge in [0, 0.05) is 5.92 Å². The molecule has 138 valence electrons. The zero-order valence-corrected chi connectivity index (χ0v) is 17.2. The maximum absolute atomic E-state index is 13.0. The van der Waals surface area contributed by atoms with E-state index in [0.29, 0.717) is 5.78 Å². The zero-order valence-electron chi connectivity index (χ0n) is 16.2. The van der Waals surface area contributed by atoms with E-state index in [2.05, 4.69) is 73.7 Å². The van der Waals surface area contributed by atoms with E-state index in [1.807, 2.05) is 6.08 Å². The van der Waals surface area contributed by atoms with Crippen LogP contribution in [0.15, 0.2) is 83.6 Å². The lowest BCUT2D eigenvalue weighted by molar-refractivity contribution is -0.116. The Bertz CT molecular complexity index is 824. The SMILES string of the molecule is CCCCCC1C(=O)C=C2C1=CCC[Si]2(c1ccccc1)c1ccccc1. The predicted molar refractivity (Wildman–Crippen MR) is 116 cm³/mol. The molecule has 0 aromatic heterocycles. The third kappa shape index (κ3) is 3.17. The molecule has 27 heavy (non-hydrogen) atoms. The van der Waals surface area contributed by atoms with Gasteiger partial charge in [-0.25, -0.2) is 0 Å². The van der Waals surface area contributed by atoms with E-state index < -0.39 is 8.07 Å². The quantitative estimate of drug-likeness (QED) is 0.524. The molecular weight excluding hydrogens is 344 g/mol. The molecule has 2 aromatic rings. The molecule has 4 rings (SSSR count). The van der Waals surface area contributed by atoms with Crippen LogP contribution < -0.4 is 10.4 Å². The molecule has 1 nitrogen and oxygen atoms in total. The van der Waals surface area contributed by atoms with Gasteiger partial charge in [0.05, 0.1) is 0 Å². The number of rotatable bonds is 6. The Morgan fingerprint density at radius 3 is 2.15 bits per heavy atom. The molecule has 0 radical (unpaired) electrons. The fraction of sp³-hybridized carbons (Fsp3) is 0.320. The minimum absolute atomic E-state index is 0.103. The lowest BCUT2D eigenvalue weighted by atomic mass is 9.93. The van der Waals surface area contributed by atoms with Crippen molar-refractivity contribution in [3.05, 3.63) is 83.6 Å². The molecule has 2 aliphatic rings. The highest BCUT2D eigenvalue weighted by Gasteiger charge is 2.48. The molecule has 0 spiro atoms. The lowest BCUT2D eigenvalue weighted by Gasteiger charge is -2.38. The van der Waals surface area contributed by atoms with Crippen LogP contribution in [0.2, 0.25) is 6.04 Å². The smallest absolute Gasteiger partial charge is 0.163 e. The summed E-state index contributed by atoms with van der Waals surface area (Å²) in [4.78, 5) is 13.0. The largest absolute Gasteiger partial charge is 0.294 e. The fourth-order valence-corrected chi connectivity index (χ4v) is 10.0. The Labute approximate surface area is 163 Å². The van der Waals surface area contributed by atoms with Crippen molar-refractivity contribution in [2.24, 2.45) is 5.92 Å². The summed E-state index contributed by atoms with van der Waals surface area (Å²) in [6.45, 7) is 2.22. The minimum atomic E-state index is -2.12. The minimum Gasteiger partial charge on any atom is -0.294 e. The van der Waals surface area contributed by atoms with Gasteiger partial charge >= 0.3 is 0 Å². The van der Waals surface area contributed by atoms with Gasteiger partial charge in [-0.2, -0.15) is 0 Å². The molecule has 0 bridgehead atoms. The number of fused-ring (bicyclic) bond motifs is 1. The van der Waals surface area contributed by atoms with E-state index in [0.717, 1.165) is 25.3 Å². The first-order valence-corrected chi connectivity index (χ1v) is 12.6. The van der Waals surface area contributed by atoms with Crippen LogP contribution in [0.25, 0.3) is 0 Å². The van der Waals surface area contributed by atoms with E-state index in [4.69, 9.17) is 0 Å². The Hall–Kier alpha value is -2.19. The Morgan fingerprint density at radius 2 is 1.56 bits per heavy atom. The highest BCUT2D eigenvalue weighted by Crippen LogP contribution is 2.42. The molecule has 1 unspecified atom stereocenters. The molecule has 0 fully saturated rings. The third-order valence-electron chi connectivity index (χ3n) is 6.29. The van der Waals surface area contributed by atoms with Crippen molar-refractivity contribution in [1.82, 2.24) is 0 Å².